The van der Waals surface area contributed by atoms with Crippen LogP contribution in [-0.2, 0) is 9.59 Å². The van der Waals surface area contributed by atoms with E-state index >= 15 is 0 Å². The molecular weight excluding hydrogens is 492 g/mol. The minimum Gasteiger partial charge on any atom is -0.450 e. The molecule has 13 heteroatoms. The maximum absolute atomic E-state index is 12.7. The number of amides is 3. The molecule has 12 nitrogen and oxygen atoms in total. The first-order chi connectivity index (χ1) is 17.2. The van der Waals surface area contributed by atoms with E-state index in [1.807, 2.05) is 0 Å². The predicted molar refractivity (Wildman–Crippen MR) is 129 cm³/mol. The second-order valence-corrected chi connectivity index (χ2v) is 9.04. The zero-order valence-corrected chi connectivity index (χ0v) is 19.6. The topological polar surface area (TPSA) is 153 Å². The molecule has 0 unspecified atom stereocenters. The van der Waals surface area contributed by atoms with Gasteiger partial charge in [-0.2, -0.15) is 0 Å². The van der Waals surface area contributed by atoms with Crippen LogP contribution in [0.25, 0.3) is 6.08 Å². The van der Waals surface area contributed by atoms with Crippen molar-refractivity contribution in [3.05, 3.63) is 73.2 Å². The normalized spacial score (nSPS) is 16.9. The lowest BCUT2D eigenvalue weighted by Crippen LogP contribution is -2.44. The Morgan fingerprint density at radius 3 is 2.33 bits per heavy atom. The van der Waals surface area contributed by atoms with E-state index in [-0.39, 0.29) is 28.9 Å². The van der Waals surface area contributed by atoms with Crippen LogP contribution in [0.1, 0.15) is 24.8 Å². The minimum atomic E-state index is -0.775. The third-order valence-electron chi connectivity index (χ3n) is 5.63. The Balaban J connectivity index is 1.44. The summed E-state index contributed by atoms with van der Waals surface area (Å²) in [5.41, 5.74) is -0.426. The number of hydrogen-bond acceptors (Lipinski definition) is 9. The molecule has 0 bridgehead atoms. The molecule has 2 saturated heterocycles. The highest BCUT2D eigenvalue weighted by molar-refractivity contribution is 8.18. The molecule has 2 fully saturated rings. The van der Waals surface area contributed by atoms with Crippen molar-refractivity contribution in [3.63, 3.8) is 0 Å². The first kappa shape index (κ1) is 24.9. The Bertz CT molecular complexity index is 1270. The van der Waals surface area contributed by atoms with Crippen LogP contribution in [0, 0.1) is 20.2 Å². The average Bonchev–Trinajstić information content (AvgIpc) is 3.12. The largest absolute Gasteiger partial charge is 0.450 e. The fourth-order valence-corrected chi connectivity index (χ4v) is 4.61. The van der Waals surface area contributed by atoms with E-state index in [0.29, 0.717) is 18.7 Å². The minimum absolute atomic E-state index is 0.169. The van der Waals surface area contributed by atoms with E-state index in [4.69, 9.17) is 4.74 Å². The number of hydrogen-bond donors (Lipinski definition) is 0. The van der Waals surface area contributed by atoms with E-state index in [2.05, 4.69) is 0 Å². The van der Waals surface area contributed by atoms with Crippen LogP contribution < -0.4 is 4.74 Å². The quantitative estimate of drug-likeness (QED) is 0.299. The van der Waals surface area contributed by atoms with Gasteiger partial charge in [0.05, 0.1) is 20.8 Å². The van der Waals surface area contributed by atoms with Crippen molar-refractivity contribution in [2.45, 2.75) is 19.3 Å². The van der Waals surface area contributed by atoms with Crippen LogP contribution in [0.4, 0.5) is 16.2 Å². The van der Waals surface area contributed by atoms with Crippen LogP contribution in [0.15, 0.2) is 47.4 Å². The molecule has 3 amide bonds. The molecule has 36 heavy (non-hydrogen) atoms. The highest BCUT2D eigenvalue weighted by Crippen LogP contribution is 2.35. The summed E-state index contributed by atoms with van der Waals surface area (Å²) in [6.45, 7) is 0.966. The first-order valence-electron chi connectivity index (χ1n) is 11.0. The van der Waals surface area contributed by atoms with Crippen LogP contribution in [0.2, 0.25) is 0 Å². The summed E-state index contributed by atoms with van der Waals surface area (Å²) in [7, 11) is 0. The van der Waals surface area contributed by atoms with Crippen molar-refractivity contribution in [3.8, 4) is 11.5 Å². The summed E-state index contributed by atoms with van der Waals surface area (Å²) in [4.78, 5) is 61.0. The van der Waals surface area contributed by atoms with Gasteiger partial charge < -0.3 is 9.64 Å². The lowest BCUT2D eigenvalue weighted by Gasteiger charge is -2.27. The van der Waals surface area contributed by atoms with Crippen LogP contribution in [0.3, 0.4) is 0 Å². The number of thioether (sulfide) groups is 1. The number of imide groups is 1. The molecule has 0 aromatic heterocycles. The number of carbonyl (C=O) groups is 3. The molecule has 0 atom stereocenters. The smallest absolute Gasteiger partial charge is 0.318 e. The van der Waals surface area contributed by atoms with Gasteiger partial charge in [0.1, 0.15) is 12.3 Å². The lowest BCUT2D eigenvalue weighted by molar-refractivity contribution is -0.394. The highest BCUT2D eigenvalue weighted by Gasteiger charge is 2.37. The van der Waals surface area contributed by atoms with E-state index in [9.17, 15) is 34.6 Å². The Morgan fingerprint density at radius 1 is 1.00 bits per heavy atom. The molecular formula is C23H20N4O8S. The van der Waals surface area contributed by atoms with Gasteiger partial charge >= 0.3 is 5.69 Å². The summed E-state index contributed by atoms with van der Waals surface area (Å²) >= 11 is 0.747. The number of carbonyl (C=O) groups excluding carboxylic acids is 3. The SMILES string of the molecule is O=C(CN1C(=O)S/C(=C/c2ccc(Oc3ccc([N+](=O)[O-])cc3[N+](=O)[O-])cc2)C1=O)N1CCCCC1. The number of likely N-dealkylation sites (tertiary alicyclic amines) is 1. The van der Waals surface area contributed by atoms with Gasteiger partial charge in [-0.15, -0.1) is 0 Å². The molecule has 2 aromatic rings. The van der Waals surface area contributed by atoms with Gasteiger partial charge in [0.2, 0.25) is 11.7 Å². The summed E-state index contributed by atoms with van der Waals surface area (Å²) in [6, 6.07) is 9.23. The maximum atomic E-state index is 12.7. The molecule has 2 aliphatic heterocycles. The first-order valence-corrected chi connectivity index (χ1v) is 11.8. The molecule has 0 saturated carbocycles. The van der Waals surface area contributed by atoms with Gasteiger partial charge in [-0.1, -0.05) is 12.1 Å². The molecule has 2 heterocycles. The van der Waals surface area contributed by atoms with Gasteiger partial charge in [0.15, 0.2) is 0 Å². The van der Waals surface area contributed by atoms with Crippen molar-refractivity contribution in [2.24, 2.45) is 0 Å². The number of non-ortho nitro benzene ring substituents is 1. The molecule has 0 N–H and O–H groups in total. The Hall–Kier alpha value is -4.26. The molecule has 186 valence electrons. The second-order valence-electron chi connectivity index (χ2n) is 8.05. The second kappa shape index (κ2) is 10.6. The fraction of sp³-hybridized carbons (Fsp3) is 0.261. The number of piperidine rings is 1. The third kappa shape index (κ3) is 5.51. The van der Waals surface area contributed by atoms with Crippen molar-refractivity contribution in [1.82, 2.24) is 9.80 Å². The summed E-state index contributed by atoms with van der Waals surface area (Å²) in [5.74, 6) is -0.737. The van der Waals surface area contributed by atoms with Gasteiger partial charge in [-0.25, -0.2) is 0 Å². The van der Waals surface area contributed by atoms with E-state index < -0.39 is 32.4 Å². The third-order valence-corrected chi connectivity index (χ3v) is 6.54. The Labute approximate surface area is 208 Å². The van der Waals surface area contributed by atoms with Gasteiger partial charge in [-0.05, 0) is 60.9 Å². The standard InChI is InChI=1S/C23H20N4O8S/c28-21(24-10-2-1-3-11-24)14-25-22(29)20(36-23(25)30)12-15-4-7-17(8-5-15)35-19-9-6-16(26(31)32)13-18(19)27(33)34/h4-9,12-13H,1-3,10-11,14H2/b20-12+. The van der Waals surface area contributed by atoms with E-state index in [1.54, 1.807) is 17.0 Å². The van der Waals surface area contributed by atoms with Gasteiger partial charge in [-0.3, -0.25) is 39.5 Å². The number of nitrogens with zero attached hydrogens (tertiary/aromatic N) is 4. The summed E-state index contributed by atoms with van der Waals surface area (Å²) in [5, 5.41) is 21.7. The fourth-order valence-electron chi connectivity index (χ4n) is 3.77. The lowest BCUT2D eigenvalue weighted by atomic mass is 10.1. The number of nitro benzene ring substituents is 2. The number of rotatable bonds is 7. The van der Waals surface area contributed by atoms with Crippen LogP contribution >= 0.6 is 11.8 Å². The van der Waals surface area contributed by atoms with Crippen molar-refractivity contribution >= 4 is 46.3 Å². The average molecular weight is 513 g/mol. The predicted octanol–water partition coefficient (Wildman–Crippen LogP) is 4.34. The number of ether oxygens (including phenoxy) is 1. The molecule has 2 aliphatic rings. The van der Waals surface area contributed by atoms with Crippen molar-refractivity contribution < 1.29 is 29.0 Å². The molecule has 4 rings (SSSR count). The molecule has 0 spiro atoms. The van der Waals surface area contributed by atoms with E-state index in [0.717, 1.165) is 54.1 Å². The summed E-state index contributed by atoms with van der Waals surface area (Å²) < 4.78 is 5.53. The maximum Gasteiger partial charge on any atom is 0.318 e. The zero-order valence-electron chi connectivity index (χ0n) is 18.8. The molecule has 2 aromatic carbocycles. The number of nitro groups is 2. The van der Waals surface area contributed by atoms with Gasteiger partial charge in [0, 0.05) is 19.2 Å². The van der Waals surface area contributed by atoms with Crippen LogP contribution in [-0.4, -0.2) is 56.3 Å². The van der Waals surface area contributed by atoms with Crippen molar-refractivity contribution in [2.75, 3.05) is 19.6 Å². The monoisotopic (exact) mass is 512 g/mol. The molecule has 0 aliphatic carbocycles. The summed E-state index contributed by atoms with van der Waals surface area (Å²) in [6.07, 6.45) is 4.38. The Kier molecular flexibility index (Phi) is 7.29. The van der Waals surface area contributed by atoms with Gasteiger partial charge in [0.25, 0.3) is 16.8 Å². The van der Waals surface area contributed by atoms with Crippen molar-refractivity contribution in [1.29, 1.82) is 0 Å². The van der Waals surface area contributed by atoms with Crippen LogP contribution in [0.5, 0.6) is 11.5 Å². The number of benzene rings is 2. The zero-order chi connectivity index (χ0) is 25.8. The molecule has 0 radical (unpaired) electrons. The Morgan fingerprint density at radius 2 is 1.69 bits per heavy atom. The van der Waals surface area contributed by atoms with E-state index in [1.165, 1.54) is 18.2 Å². The highest BCUT2D eigenvalue weighted by atomic mass is 32.2.